The Kier molecular flexibility index (Phi) is 4.18. The summed E-state index contributed by atoms with van der Waals surface area (Å²) in [6.07, 6.45) is -4.21. The number of amides is 1. The lowest BCUT2D eigenvalue weighted by Gasteiger charge is -2.19. The molecule has 0 aliphatic carbocycles. The molecule has 0 heterocycles. The van der Waals surface area contributed by atoms with E-state index in [1.165, 1.54) is 26.0 Å². The Balaban J connectivity index is 2.76. The summed E-state index contributed by atoms with van der Waals surface area (Å²) in [5.74, 6) is -0.977. The molecule has 0 aromatic heterocycles. The first-order chi connectivity index (χ1) is 8.63. The maximum atomic E-state index is 11.9. The molecule has 0 saturated heterocycles. The highest BCUT2D eigenvalue weighted by molar-refractivity contribution is 5.96. The van der Waals surface area contributed by atoms with Crippen LogP contribution in [0.1, 0.15) is 24.2 Å². The minimum absolute atomic E-state index is 0.129. The number of carbonyl (C=O) groups excluding carboxylic acids is 2. The van der Waals surface area contributed by atoms with Crippen LogP contribution < -0.4 is 10.1 Å². The molecule has 0 atom stereocenters. The van der Waals surface area contributed by atoms with Crippen molar-refractivity contribution in [3.8, 4) is 5.75 Å². The van der Waals surface area contributed by atoms with Gasteiger partial charge in [-0.1, -0.05) is 0 Å². The molecule has 0 saturated carbocycles. The summed E-state index contributed by atoms with van der Waals surface area (Å²) >= 11 is 0. The number of alkyl halides is 3. The van der Waals surface area contributed by atoms with Crippen molar-refractivity contribution < 1.29 is 27.5 Å². The van der Waals surface area contributed by atoms with Crippen molar-refractivity contribution in [1.29, 1.82) is 0 Å². The smallest absolute Gasteiger partial charge is 0.406 e. The molecule has 1 amide bonds. The van der Waals surface area contributed by atoms with E-state index in [9.17, 15) is 22.8 Å². The van der Waals surface area contributed by atoms with Gasteiger partial charge in [0.25, 0.3) is 5.91 Å². The van der Waals surface area contributed by atoms with Crippen LogP contribution in [0.5, 0.6) is 5.75 Å². The number of halogens is 3. The van der Waals surface area contributed by atoms with Crippen LogP contribution in [-0.2, 0) is 4.79 Å². The summed E-state index contributed by atoms with van der Waals surface area (Å²) in [6, 6.07) is 4.40. The Bertz CT molecular complexity index is 466. The quantitative estimate of drug-likeness (QED) is 0.858. The third-order valence-corrected chi connectivity index (χ3v) is 2.08. The van der Waals surface area contributed by atoms with Crippen LogP contribution in [-0.4, -0.2) is 24.1 Å². The van der Waals surface area contributed by atoms with E-state index in [2.05, 4.69) is 10.1 Å². The number of benzene rings is 1. The van der Waals surface area contributed by atoms with Crippen LogP contribution >= 0.6 is 0 Å². The molecule has 0 bridgehead atoms. The van der Waals surface area contributed by atoms with Crippen LogP contribution in [0.3, 0.4) is 0 Å². The lowest BCUT2D eigenvalue weighted by atomic mass is 10.1. The molecule has 1 rings (SSSR count). The molecule has 104 valence electrons. The van der Waals surface area contributed by atoms with Crippen molar-refractivity contribution in [1.82, 2.24) is 5.32 Å². The largest absolute Gasteiger partial charge is 0.573 e. The average molecular weight is 275 g/mol. The minimum atomic E-state index is -4.77. The van der Waals surface area contributed by atoms with E-state index < -0.39 is 23.6 Å². The second-order valence-corrected chi connectivity index (χ2v) is 4.37. The van der Waals surface area contributed by atoms with Gasteiger partial charge in [0.05, 0.1) is 5.54 Å². The van der Waals surface area contributed by atoms with E-state index in [1.807, 2.05) is 0 Å². The zero-order chi connectivity index (χ0) is 14.7. The maximum absolute atomic E-state index is 11.9. The highest BCUT2D eigenvalue weighted by Crippen LogP contribution is 2.22. The Morgan fingerprint density at radius 3 is 2.16 bits per heavy atom. The normalized spacial score (nSPS) is 11.8. The number of aldehydes is 1. The molecule has 7 heteroatoms. The zero-order valence-electron chi connectivity index (χ0n) is 10.2. The summed E-state index contributed by atoms with van der Waals surface area (Å²) in [7, 11) is 0. The van der Waals surface area contributed by atoms with Gasteiger partial charge in [-0.2, -0.15) is 0 Å². The van der Waals surface area contributed by atoms with Gasteiger partial charge in [-0.05, 0) is 38.1 Å². The van der Waals surface area contributed by atoms with Crippen LogP contribution in [0.4, 0.5) is 13.2 Å². The fourth-order valence-electron chi connectivity index (χ4n) is 1.20. The van der Waals surface area contributed by atoms with Gasteiger partial charge in [0, 0.05) is 5.56 Å². The molecule has 19 heavy (non-hydrogen) atoms. The first kappa shape index (κ1) is 15.0. The number of ether oxygens (including phenoxy) is 1. The first-order valence-electron chi connectivity index (χ1n) is 5.28. The summed E-state index contributed by atoms with van der Waals surface area (Å²) in [6.45, 7) is 3.00. The van der Waals surface area contributed by atoms with Gasteiger partial charge >= 0.3 is 6.36 Å². The van der Waals surface area contributed by atoms with Gasteiger partial charge in [-0.25, -0.2) is 0 Å². The molecule has 0 fully saturated rings. The minimum Gasteiger partial charge on any atom is -0.406 e. The Morgan fingerprint density at radius 1 is 1.21 bits per heavy atom. The Morgan fingerprint density at radius 2 is 1.74 bits per heavy atom. The Hall–Kier alpha value is -2.05. The molecular weight excluding hydrogens is 263 g/mol. The molecule has 0 unspecified atom stereocenters. The average Bonchev–Trinajstić information content (AvgIpc) is 2.27. The number of carbonyl (C=O) groups is 2. The van der Waals surface area contributed by atoms with Crippen molar-refractivity contribution in [3.63, 3.8) is 0 Å². The second kappa shape index (κ2) is 5.29. The van der Waals surface area contributed by atoms with Gasteiger partial charge in [-0.15, -0.1) is 13.2 Å². The van der Waals surface area contributed by atoms with Gasteiger partial charge in [0.15, 0.2) is 0 Å². The molecule has 1 aromatic carbocycles. The van der Waals surface area contributed by atoms with Gasteiger partial charge in [0.1, 0.15) is 12.0 Å². The molecule has 0 aliphatic heterocycles. The van der Waals surface area contributed by atoms with Crippen LogP contribution in [0.25, 0.3) is 0 Å². The molecular formula is C12H12F3NO3. The van der Waals surface area contributed by atoms with E-state index in [-0.39, 0.29) is 5.56 Å². The van der Waals surface area contributed by atoms with Crippen molar-refractivity contribution in [2.45, 2.75) is 25.7 Å². The predicted molar refractivity (Wildman–Crippen MR) is 60.7 cm³/mol. The molecule has 0 radical (unpaired) electrons. The van der Waals surface area contributed by atoms with Crippen LogP contribution in [0.15, 0.2) is 24.3 Å². The van der Waals surface area contributed by atoms with E-state index in [4.69, 9.17) is 0 Å². The number of hydrogen-bond donors (Lipinski definition) is 1. The first-order valence-corrected chi connectivity index (χ1v) is 5.28. The predicted octanol–water partition coefficient (Wildman–Crippen LogP) is 2.29. The van der Waals surface area contributed by atoms with E-state index in [0.29, 0.717) is 6.29 Å². The molecule has 1 N–H and O–H groups in total. The molecule has 1 aromatic rings. The second-order valence-electron chi connectivity index (χ2n) is 4.37. The zero-order valence-corrected chi connectivity index (χ0v) is 10.2. The monoisotopic (exact) mass is 275 g/mol. The summed E-state index contributed by atoms with van der Waals surface area (Å²) in [5.41, 5.74) is -0.914. The maximum Gasteiger partial charge on any atom is 0.573 e. The molecule has 0 aliphatic rings. The highest BCUT2D eigenvalue weighted by atomic mass is 19.4. The third kappa shape index (κ3) is 4.99. The Labute approximate surface area is 107 Å². The summed E-state index contributed by atoms with van der Waals surface area (Å²) in [4.78, 5) is 22.3. The van der Waals surface area contributed by atoms with Crippen LogP contribution in [0.2, 0.25) is 0 Å². The fraction of sp³-hybridized carbons (Fsp3) is 0.333. The van der Waals surface area contributed by atoms with E-state index >= 15 is 0 Å². The molecule has 4 nitrogen and oxygen atoms in total. The van der Waals surface area contributed by atoms with Gasteiger partial charge in [0.2, 0.25) is 0 Å². The molecule has 0 spiro atoms. The van der Waals surface area contributed by atoms with Crippen molar-refractivity contribution >= 4 is 12.2 Å². The lowest BCUT2D eigenvalue weighted by molar-refractivity contribution is -0.274. The summed E-state index contributed by atoms with van der Waals surface area (Å²) in [5, 5.41) is 2.42. The topological polar surface area (TPSA) is 55.4 Å². The highest BCUT2D eigenvalue weighted by Gasteiger charge is 2.31. The SMILES string of the molecule is CC(C)(C=O)NC(=O)c1ccc(OC(F)(F)F)cc1. The standard InChI is InChI=1S/C12H12F3NO3/c1-11(2,7-17)16-10(18)8-3-5-9(6-4-8)19-12(13,14)15/h3-7H,1-2H3,(H,16,18). The van der Waals surface area contributed by atoms with Crippen molar-refractivity contribution in [2.75, 3.05) is 0 Å². The van der Waals surface area contributed by atoms with Gasteiger partial charge < -0.3 is 14.8 Å². The number of nitrogens with one attached hydrogen (secondary N) is 1. The summed E-state index contributed by atoms with van der Waals surface area (Å²) < 4.78 is 39.5. The van der Waals surface area contributed by atoms with E-state index in [0.717, 1.165) is 12.1 Å². The lowest BCUT2D eigenvalue weighted by Crippen LogP contribution is -2.44. The third-order valence-electron chi connectivity index (χ3n) is 2.08. The van der Waals surface area contributed by atoms with Crippen LogP contribution in [0, 0.1) is 0 Å². The van der Waals surface area contributed by atoms with Crippen molar-refractivity contribution in [3.05, 3.63) is 29.8 Å². The van der Waals surface area contributed by atoms with Crippen molar-refractivity contribution in [2.24, 2.45) is 0 Å². The number of rotatable bonds is 4. The van der Waals surface area contributed by atoms with Gasteiger partial charge in [-0.3, -0.25) is 4.79 Å². The van der Waals surface area contributed by atoms with E-state index in [1.54, 1.807) is 0 Å². The fourth-order valence-corrected chi connectivity index (χ4v) is 1.20. The number of hydrogen-bond acceptors (Lipinski definition) is 3.